The van der Waals surface area contributed by atoms with Crippen molar-refractivity contribution < 1.29 is 9.53 Å². The molecular formula is C19H26N4O4. The molecule has 0 spiro atoms. The number of rotatable bonds is 6. The molecule has 2 heterocycles. The fourth-order valence-electron chi connectivity index (χ4n) is 3.69. The number of piperidine rings is 1. The molecule has 0 aliphatic carbocycles. The lowest BCUT2D eigenvalue weighted by atomic mass is 9.79. The van der Waals surface area contributed by atoms with Crippen LogP contribution < -0.4 is 21.9 Å². The Bertz CT molecular complexity index is 935. The largest absolute Gasteiger partial charge is 0.384 e. The minimum Gasteiger partial charge on any atom is -0.384 e. The van der Waals surface area contributed by atoms with E-state index >= 15 is 0 Å². The van der Waals surface area contributed by atoms with Crippen LogP contribution in [0.2, 0.25) is 0 Å². The molecule has 1 amide bonds. The summed E-state index contributed by atoms with van der Waals surface area (Å²) in [6.45, 7) is 4.95. The van der Waals surface area contributed by atoms with Crippen LogP contribution >= 0.6 is 0 Å². The van der Waals surface area contributed by atoms with Gasteiger partial charge in [0.2, 0.25) is 0 Å². The van der Waals surface area contributed by atoms with Crippen LogP contribution in [0.4, 0.5) is 0 Å². The van der Waals surface area contributed by atoms with Gasteiger partial charge in [-0.15, -0.1) is 0 Å². The number of aromatic nitrogens is 2. The van der Waals surface area contributed by atoms with E-state index in [1.54, 1.807) is 32.2 Å². The van der Waals surface area contributed by atoms with Crippen LogP contribution in [0.25, 0.3) is 10.9 Å². The first-order valence-corrected chi connectivity index (χ1v) is 9.24. The Morgan fingerprint density at radius 1 is 1.30 bits per heavy atom. The molecule has 1 aromatic heterocycles. The van der Waals surface area contributed by atoms with Gasteiger partial charge in [0.05, 0.1) is 17.5 Å². The number of ether oxygens (including phenoxy) is 1. The molecule has 2 aromatic rings. The van der Waals surface area contributed by atoms with Crippen LogP contribution in [0.3, 0.4) is 0 Å². The van der Waals surface area contributed by atoms with Gasteiger partial charge in [-0.1, -0.05) is 0 Å². The molecule has 27 heavy (non-hydrogen) atoms. The molecule has 1 aliphatic rings. The van der Waals surface area contributed by atoms with Gasteiger partial charge in [-0.05, 0) is 51.1 Å². The van der Waals surface area contributed by atoms with E-state index in [2.05, 4.69) is 15.6 Å². The van der Waals surface area contributed by atoms with Gasteiger partial charge < -0.3 is 20.4 Å². The standard InChI is InChI=1S/C19H26N4O4/c1-3-23-17(25)14-5-4-13(10-15(14)22-18(23)26)16(24)21-11-19(12-27-2)6-8-20-9-7-19/h4-5,10,20H,3,6-9,11-12H2,1-2H3,(H,21,24)(H,22,26). The molecular weight excluding hydrogens is 348 g/mol. The van der Waals surface area contributed by atoms with Gasteiger partial charge >= 0.3 is 5.69 Å². The minimum atomic E-state index is -0.471. The van der Waals surface area contributed by atoms with E-state index in [4.69, 9.17) is 4.74 Å². The molecule has 0 bridgehead atoms. The molecule has 1 fully saturated rings. The summed E-state index contributed by atoms with van der Waals surface area (Å²) in [5, 5.41) is 6.70. The van der Waals surface area contributed by atoms with E-state index in [0.717, 1.165) is 30.5 Å². The number of nitrogens with one attached hydrogen (secondary N) is 3. The quantitative estimate of drug-likeness (QED) is 0.681. The number of hydrogen-bond donors (Lipinski definition) is 3. The van der Waals surface area contributed by atoms with E-state index in [0.29, 0.717) is 36.2 Å². The smallest absolute Gasteiger partial charge is 0.328 e. The minimum absolute atomic E-state index is 0.0737. The van der Waals surface area contributed by atoms with Gasteiger partial charge in [-0.3, -0.25) is 14.2 Å². The van der Waals surface area contributed by atoms with Gasteiger partial charge in [0.15, 0.2) is 0 Å². The second-order valence-corrected chi connectivity index (χ2v) is 7.11. The van der Waals surface area contributed by atoms with Crippen LogP contribution in [0.5, 0.6) is 0 Å². The molecule has 8 nitrogen and oxygen atoms in total. The highest BCUT2D eigenvalue weighted by atomic mass is 16.5. The number of benzene rings is 1. The van der Waals surface area contributed by atoms with Crippen molar-refractivity contribution in [2.75, 3.05) is 33.4 Å². The van der Waals surface area contributed by atoms with Gasteiger partial charge in [0, 0.05) is 31.2 Å². The average molecular weight is 374 g/mol. The Labute approximate surface area is 156 Å². The second-order valence-electron chi connectivity index (χ2n) is 7.11. The summed E-state index contributed by atoms with van der Waals surface area (Å²) in [6, 6.07) is 4.76. The molecule has 0 radical (unpaired) electrons. The van der Waals surface area contributed by atoms with Crippen molar-refractivity contribution in [1.82, 2.24) is 20.2 Å². The Kier molecular flexibility index (Phi) is 5.76. The van der Waals surface area contributed by atoms with Crippen molar-refractivity contribution in [1.29, 1.82) is 0 Å². The third-order valence-corrected chi connectivity index (χ3v) is 5.30. The van der Waals surface area contributed by atoms with Gasteiger partial charge in [0.1, 0.15) is 0 Å². The van der Waals surface area contributed by atoms with Crippen molar-refractivity contribution in [3.05, 3.63) is 44.6 Å². The molecule has 8 heteroatoms. The summed E-state index contributed by atoms with van der Waals surface area (Å²) in [4.78, 5) is 39.6. The topological polar surface area (TPSA) is 105 Å². The van der Waals surface area contributed by atoms with Gasteiger partial charge in [0.25, 0.3) is 11.5 Å². The molecule has 146 valence electrons. The van der Waals surface area contributed by atoms with Gasteiger partial charge in [-0.25, -0.2) is 4.79 Å². The Morgan fingerprint density at radius 3 is 2.70 bits per heavy atom. The lowest BCUT2D eigenvalue weighted by molar-refractivity contribution is 0.0512. The molecule has 3 rings (SSSR count). The normalized spacial score (nSPS) is 16.4. The molecule has 0 unspecified atom stereocenters. The summed E-state index contributed by atoms with van der Waals surface area (Å²) in [6.07, 6.45) is 1.87. The van der Waals surface area contributed by atoms with E-state index < -0.39 is 5.69 Å². The number of methoxy groups -OCH3 is 1. The van der Waals surface area contributed by atoms with E-state index in [1.807, 2.05) is 0 Å². The van der Waals surface area contributed by atoms with Crippen molar-refractivity contribution in [2.45, 2.75) is 26.3 Å². The maximum absolute atomic E-state index is 12.6. The van der Waals surface area contributed by atoms with Crippen LogP contribution in [0.15, 0.2) is 27.8 Å². The molecule has 0 atom stereocenters. The number of amides is 1. The molecule has 0 saturated carbocycles. The maximum Gasteiger partial charge on any atom is 0.328 e. The van der Waals surface area contributed by atoms with Crippen LogP contribution in [-0.4, -0.2) is 48.8 Å². The monoisotopic (exact) mass is 374 g/mol. The van der Waals surface area contributed by atoms with Crippen molar-refractivity contribution >= 4 is 16.8 Å². The number of carbonyl (C=O) groups is 1. The number of carbonyl (C=O) groups excluding carboxylic acids is 1. The molecule has 3 N–H and O–H groups in total. The molecule has 1 aliphatic heterocycles. The summed E-state index contributed by atoms with van der Waals surface area (Å²) >= 11 is 0. The van der Waals surface area contributed by atoms with E-state index in [9.17, 15) is 14.4 Å². The molecule has 1 aromatic carbocycles. The fourth-order valence-corrected chi connectivity index (χ4v) is 3.69. The fraction of sp³-hybridized carbons (Fsp3) is 0.526. The van der Waals surface area contributed by atoms with Crippen molar-refractivity contribution in [2.24, 2.45) is 5.41 Å². The molecule has 1 saturated heterocycles. The zero-order valence-electron chi connectivity index (χ0n) is 15.8. The zero-order valence-corrected chi connectivity index (χ0v) is 15.8. The number of H-pyrrole nitrogens is 1. The Balaban J connectivity index is 1.81. The zero-order chi connectivity index (χ0) is 19.4. The number of hydrogen-bond acceptors (Lipinski definition) is 5. The number of aromatic amines is 1. The predicted octanol–water partition coefficient (Wildman–Crippen LogP) is 0.456. The summed E-state index contributed by atoms with van der Waals surface area (Å²) < 4.78 is 6.51. The van der Waals surface area contributed by atoms with Crippen molar-refractivity contribution in [3.8, 4) is 0 Å². The van der Waals surface area contributed by atoms with Crippen molar-refractivity contribution in [3.63, 3.8) is 0 Å². The Hall–Kier alpha value is -2.45. The highest BCUT2D eigenvalue weighted by molar-refractivity contribution is 5.97. The maximum atomic E-state index is 12.6. The Morgan fingerprint density at radius 2 is 2.04 bits per heavy atom. The highest BCUT2D eigenvalue weighted by Crippen LogP contribution is 2.28. The average Bonchev–Trinajstić information content (AvgIpc) is 2.67. The lowest BCUT2D eigenvalue weighted by Gasteiger charge is -2.37. The SMILES string of the molecule is CCn1c(=O)[nH]c2cc(C(=O)NCC3(COC)CCNCC3)ccc2c1=O. The third-order valence-electron chi connectivity index (χ3n) is 5.30. The first-order chi connectivity index (χ1) is 13.0. The first kappa shape index (κ1) is 19.3. The predicted molar refractivity (Wildman–Crippen MR) is 103 cm³/mol. The van der Waals surface area contributed by atoms with Crippen LogP contribution in [0.1, 0.15) is 30.1 Å². The van der Waals surface area contributed by atoms with Crippen LogP contribution in [-0.2, 0) is 11.3 Å². The summed E-state index contributed by atoms with van der Waals surface area (Å²) in [5.41, 5.74) is -0.113. The first-order valence-electron chi connectivity index (χ1n) is 9.24. The lowest BCUT2D eigenvalue weighted by Crippen LogP contribution is -2.47. The van der Waals surface area contributed by atoms with Crippen LogP contribution in [0, 0.1) is 5.41 Å². The van der Waals surface area contributed by atoms with Gasteiger partial charge in [-0.2, -0.15) is 0 Å². The second kappa shape index (κ2) is 8.06. The third kappa shape index (κ3) is 3.96. The van der Waals surface area contributed by atoms with E-state index in [1.165, 1.54) is 0 Å². The highest BCUT2D eigenvalue weighted by Gasteiger charge is 2.32. The summed E-state index contributed by atoms with van der Waals surface area (Å²) in [7, 11) is 1.67. The summed E-state index contributed by atoms with van der Waals surface area (Å²) in [5.74, 6) is -0.230. The number of fused-ring (bicyclic) bond motifs is 1. The number of nitrogens with zero attached hydrogens (tertiary/aromatic N) is 1. The van der Waals surface area contributed by atoms with E-state index in [-0.39, 0.29) is 16.9 Å².